The highest BCUT2D eigenvalue weighted by molar-refractivity contribution is 7.89. The number of rotatable bonds is 9. The molecular weight excluding hydrogens is 434 g/mol. The van der Waals surface area contributed by atoms with E-state index in [9.17, 15) is 23.3 Å². The fraction of sp³-hybridized carbons (Fsp3) is 0.136. The second-order valence-electron chi connectivity index (χ2n) is 6.86. The van der Waals surface area contributed by atoms with Gasteiger partial charge in [-0.25, -0.2) is 8.42 Å². The Labute approximate surface area is 185 Å². The lowest BCUT2D eigenvalue weighted by atomic mass is 10.2. The number of non-ortho nitro benzene ring substituents is 1. The lowest BCUT2D eigenvalue weighted by molar-refractivity contribution is -0.384. The number of nitrogens with one attached hydrogen (secondary N) is 1. The van der Waals surface area contributed by atoms with Crippen molar-refractivity contribution in [2.45, 2.75) is 11.4 Å². The van der Waals surface area contributed by atoms with Gasteiger partial charge in [0.2, 0.25) is 10.0 Å². The molecule has 0 fully saturated rings. The number of anilines is 1. The molecule has 3 aromatic carbocycles. The number of nitrogens with zero attached hydrogens (tertiary/aromatic N) is 2. The summed E-state index contributed by atoms with van der Waals surface area (Å²) in [7, 11) is -2.18. The van der Waals surface area contributed by atoms with Crippen LogP contribution >= 0.6 is 0 Å². The van der Waals surface area contributed by atoms with E-state index in [1.54, 1.807) is 0 Å². The number of benzene rings is 3. The number of nitro groups is 1. The van der Waals surface area contributed by atoms with Crippen LogP contribution < -0.4 is 10.1 Å². The normalized spacial score (nSPS) is 11.2. The van der Waals surface area contributed by atoms with Crippen molar-refractivity contribution < 1.29 is 22.9 Å². The summed E-state index contributed by atoms with van der Waals surface area (Å²) in [5, 5.41) is 13.3. The van der Waals surface area contributed by atoms with Crippen molar-refractivity contribution >= 4 is 27.3 Å². The number of amides is 1. The Morgan fingerprint density at radius 1 is 1.00 bits per heavy atom. The molecule has 0 aliphatic rings. The third-order valence-corrected chi connectivity index (χ3v) is 6.33. The van der Waals surface area contributed by atoms with Crippen LogP contribution in [0.25, 0.3) is 0 Å². The van der Waals surface area contributed by atoms with E-state index in [-0.39, 0.29) is 23.7 Å². The average Bonchev–Trinajstić information content (AvgIpc) is 2.79. The third kappa shape index (κ3) is 5.90. The van der Waals surface area contributed by atoms with Crippen LogP contribution in [0.2, 0.25) is 0 Å². The predicted molar refractivity (Wildman–Crippen MR) is 119 cm³/mol. The summed E-state index contributed by atoms with van der Waals surface area (Å²) < 4.78 is 32.1. The minimum absolute atomic E-state index is 0.0775. The molecule has 1 N–H and O–H groups in total. The lowest BCUT2D eigenvalue weighted by Gasteiger charge is -2.17. The van der Waals surface area contributed by atoms with Crippen LogP contribution in [-0.4, -0.2) is 37.2 Å². The first-order chi connectivity index (χ1) is 15.3. The Morgan fingerprint density at radius 3 is 2.22 bits per heavy atom. The van der Waals surface area contributed by atoms with Gasteiger partial charge in [-0.15, -0.1) is 0 Å². The van der Waals surface area contributed by atoms with E-state index >= 15 is 0 Å². The summed E-state index contributed by atoms with van der Waals surface area (Å²) in [6.45, 7) is -0.0701. The molecule has 0 heterocycles. The second-order valence-corrected chi connectivity index (χ2v) is 8.90. The van der Waals surface area contributed by atoms with Crippen LogP contribution in [0.15, 0.2) is 83.8 Å². The fourth-order valence-corrected chi connectivity index (χ4v) is 3.98. The van der Waals surface area contributed by atoms with E-state index in [1.165, 1.54) is 59.9 Å². The molecule has 166 valence electrons. The lowest BCUT2D eigenvalue weighted by Crippen LogP contribution is -2.26. The molecule has 0 aliphatic heterocycles. The summed E-state index contributed by atoms with van der Waals surface area (Å²) in [4.78, 5) is 22.3. The number of sulfonamides is 1. The number of carbonyl (C=O) groups is 1. The van der Waals surface area contributed by atoms with Crippen LogP contribution in [0.1, 0.15) is 5.56 Å². The summed E-state index contributed by atoms with van der Waals surface area (Å²) >= 11 is 0. The molecule has 0 saturated heterocycles. The predicted octanol–water partition coefficient (Wildman–Crippen LogP) is 3.43. The molecule has 10 heteroatoms. The zero-order valence-electron chi connectivity index (χ0n) is 17.2. The minimum Gasteiger partial charge on any atom is -0.484 e. The van der Waals surface area contributed by atoms with Gasteiger partial charge < -0.3 is 10.1 Å². The highest BCUT2D eigenvalue weighted by Crippen LogP contribution is 2.20. The molecule has 32 heavy (non-hydrogen) atoms. The standard InChI is InChI=1S/C22H21N3O6S/c1-24(15-17-5-3-2-4-6-17)32(29,30)21-13-7-18(8-14-21)23-22(26)16-31-20-11-9-19(10-12-20)25(27)28/h2-14H,15-16H2,1H3,(H,23,26). The molecule has 0 atom stereocenters. The second kappa shape index (κ2) is 10.0. The van der Waals surface area contributed by atoms with Crippen molar-refractivity contribution in [1.82, 2.24) is 4.31 Å². The number of carbonyl (C=O) groups excluding carboxylic acids is 1. The van der Waals surface area contributed by atoms with Crippen LogP contribution in [0.4, 0.5) is 11.4 Å². The SMILES string of the molecule is CN(Cc1ccccc1)S(=O)(=O)c1ccc(NC(=O)COc2ccc([N+](=O)[O-])cc2)cc1. The van der Waals surface area contributed by atoms with Crippen molar-refractivity contribution in [3.8, 4) is 5.75 Å². The van der Waals surface area contributed by atoms with Gasteiger partial charge in [-0.05, 0) is 42.0 Å². The fourth-order valence-electron chi connectivity index (χ4n) is 2.83. The van der Waals surface area contributed by atoms with E-state index in [4.69, 9.17) is 4.74 Å². The number of hydrogen-bond acceptors (Lipinski definition) is 6. The quantitative estimate of drug-likeness (QED) is 0.390. The van der Waals surface area contributed by atoms with Crippen LogP contribution in [0.3, 0.4) is 0 Å². The first-order valence-electron chi connectivity index (χ1n) is 9.53. The van der Waals surface area contributed by atoms with Gasteiger partial charge in [0.05, 0.1) is 9.82 Å². The molecule has 0 aromatic heterocycles. The highest BCUT2D eigenvalue weighted by atomic mass is 32.2. The van der Waals surface area contributed by atoms with E-state index in [1.807, 2.05) is 30.3 Å². The van der Waals surface area contributed by atoms with Crippen LogP contribution in [-0.2, 0) is 21.4 Å². The summed E-state index contributed by atoms with van der Waals surface area (Å²) in [5.74, 6) is -0.145. The van der Waals surface area contributed by atoms with Crippen molar-refractivity contribution in [3.05, 3.63) is 94.5 Å². The van der Waals surface area contributed by atoms with Gasteiger partial charge in [0, 0.05) is 31.4 Å². The Kier molecular flexibility index (Phi) is 7.18. The Balaban J connectivity index is 1.56. The van der Waals surface area contributed by atoms with Gasteiger partial charge in [0.15, 0.2) is 6.61 Å². The number of ether oxygens (including phenoxy) is 1. The van der Waals surface area contributed by atoms with Gasteiger partial charge in [0.25, 0.3) is 11.6 Å². The Hall–Kier alpha value is -3.76. The monoisotopic (exact) mass is 455 g/mol. The topological polar surface area (TPSA) is 119 Å². The maximum Gasteiger partial charge on any atom is 0.269 e. The maximum absolute atomic E-state index is 12.8. The number of hydrogen-bond donors (Lipinski definition) is 1. The molecular formula is C22H21N3O6S. The third-order valence-electron chi connectivity index (χ3n) is 4.51. The zero-order valence-corrected chi connectivity index (χ0v) is 18.0. The molecule has 0 radical (unpaired) electrons. The summed E-state index contributed by atoms with van der Waals surface area (Å²) in [6, 6.07) is 20.4. The molecule has 0 unspecified atom stereocenters. The molecule has 3 aromatic rings. The largest absolute Gasteiger partial charge is 0.484 e. The van der Waals surface area contributed by atoms with Gasteiger partial charge in [0.1, 0.15) is 5.75 Å². The average molecular weight is 455 g/mol. The Bertz CT molecular complexity index is 1180. The Morgan fingerprint density at radius 2 is 1.62 bits per heavy atom. The minimum atomic E-state index is -3.69. The van der Waals surface area contributed by atoms with Gasteiger partial charge in [-0.2, -0.15) is 4.31 Å². The smallest absolute Gasteiger partial charge is 0.269 e. The van der Waals surface area contributed by atoms with Crippen LogP contribution in [0.5, 0.6) is 5.75 Å². The molecule has 0 aliphatic carbocycles. The van der Waals surface area contributed by atoms with E-state index in [2.05, 4.69) is 5.32 Å². The van der Waals surface area contributed by atoms with Crippen molar-refractivity contribution in [2.75, 3.05) is 19.0 Å². The summed E-state index contributed by atoms with van der Waals surface area (Å²) in [5.41, 5.74) is 1.20. The molecule has 1 amide bonds. The molecule has 9 nitrogen and oxygen atoms in total. The summed E-state index contributed by atoms with van der Waals surface area (Å²) in [6.07, 6.45) is 0. The van der Waals surface area contributed by atoms with Gasteiger partial charge in [-0.3, -0.25) is 14.9 Å². The first-order valence-corrected chi connectivity index (χ1v) is 11.0. The zero-order chi connectivity index (χ0) is 23.1. The van der Waals surface area contributed by atoms with Gasteiger partial charge >= 0.3 is 0 Å². The molecule has 0 spiro atoms. The number of nitro benzene ring substituents is 1. The maximum atomic E-state index is 12.8. The molecule has 0 saturated carbocycles. The van der Waals surface area contributed by atoms with E-state index in [0.29, 0.717) is 11.4 Å². The van der Waals surface area contributed by atoms with Crippen molar-refractivity contribution in [1.29, 1.82) is 0 Å². The van der Waals surface area contributed by atoms with Crippen molar-refractivity contribution in [2.24, 2.45) is 0 Å². The highest BCUT2D eigenvalue weighted by Gasteiger charge is 2.21. The molecule has 3 rings (SSSR count). The van der Waals surface area contributed by atoms with Crippen molar-refractivity contribution in [3.63, 3.8) is 0 Å². The first kappa shape index (κ1) is 22.9. The van der Waals surface area contributed by atoms with E-state index in [0.717, 1.165) is 5.56 Å². The van der Waals surface area contributed by atoms with Gasteiger partial charge in [-0.1, -0.05) is 30.3 Å². The van der Waals surface area contributed by atoms with Crippen LogP contribution in [0, 0.1) is 10.1 Å². The van der Waals surface area contributed by atoms with E-state index < -0.39 is 20.9 Å². The molecule has 0 bridgehead atoms.